The number of nitrogens with one attached hydrogen (secondary N) is 1. The van der Waals surface area contributed by atoms with Crippen LogP contribution >= 0.6 is 0 Å². The smallest absolute Gasteiger partial charge is 0.0351 e. The predicted octanol–water partition coefficient (Wildman–Crippen LogP) is 6.09. The molecule has 33 heavy (non-hydrogen) atoms. The maximum absolute atomic E-state index is 6.41. The Morgan fingerprint density at radius 1 is 0.909 bits per heavy atom. The van der Waals surface area contributed by atoms with Gasteiger partial charge in [-0.05, 0) is 61.1 Å². The van der Waals surface area contributed by atoms with E-state index in [2.05, 4.69) is 71.3 Å². The summed E-state index contributed by atoms with van der Waals surface area (Å²) in [6.45, 7) is 12.8. The van der Waals surface area contributed by atoms with Crippen molar-refractivity contribution < 1.29 is 4.74 Å². The number of hydrazine groups is 1. The average Bonchev–Trinajstić information content (AvgIpc) is 2.86. The Morgan fingerprint density at radius 2 is 1.45 bits per heavy atom. The molecule has 2 atom stereocenters. The van der Waals surface area contributed by atoms with Crippen LogP contribution in [0.3, 0.4) is 0 Å². The fourth-order valence-electron chi connectivity index (χ4n) is 3.42. The Hall–Kier alpha value is -1.98. The highest BCUT2D eigenvalue weighted by Crippen LogP contribution is 2.17. The molecule has 0 fully saturated rings. The van der Waals surface area contributed by atoms with Crippen LogP contribution in [-0.4, -0.2) is 26.8 Å². The summed E-state index contributed by atoms with van der Waals surface area (Å²) in [4.78, 5) is 0. The first-order valence-electron chi connectivity index (χ1n) is 12.5. The zero-order valence-corrected chi connectivity index (χ0v) is 22.1. The van der Waals surface area contributed by atoms with Crippen molar-refractivity contribution in [3.63, 3.8) is 0 Å². The van der Waals surface area contributed by atoms with Crippen LogP contribution in [0, 0.1) is 5.92 Å². The van der Waals surface area contributed by atoms with Gasteiger partial charge in [-0.1, -0.05) is 88.4 Å². The molecular weight excluding hydrogens is 406 g/mol. The van der Waals surface area contributed by atoms with E-state index < -0.39 is 0 Å². The van der Waals surface area contributed by atoms with E-state index in [1.807, 2.05) is 33.8 Å². The van der Waals surface area contributed by atoms with Crippen LogP contribution in [0.25, 0.3) is 0 Å². The Kier molecular flexibility index (Phi) is 24.8. The first-order chi connectivity index (χ1) is 16.1. The number of allylic oxidation sites excluding steroid dienone is 1. The summed E-state index contributed by atoms with van der Waals surface area (Å²) in [7, 11) is 3.25. The van der Waals surface area contributed by atoms with Gasteiger partial charge in [0.15, 0.2) is 0 Å². The minimum Gasteiger partial charge on any atom is -0.388 e. The molecule has 0 aliphatic carbocycles. The zero-order chi connectivity index (χ0) is 25.3. The molecule has 188 valence electrons. The lowest BCUT2D eigenvalue weighted by Gasteiger charge is -2.18. The number of hydrogen-bond donors (Lipinski definition) is 3. The summed E-state index contributed by atoms with van der Waals surface area (Å²) in [5.41, 5.74) is 13.2. The predicted molar refractivity (Wildman–Crippen MR) is 147 cm³/mol. The summed E-state index contributed by atoms with van der Waals surface area (Å²) in [5, 5.41) is 0. The molecule has 0 aromatic heterocycles. The summed E-state index contributed by atoms with van der Waals surface area (Å²) in [5.74, 6) is 5.79. The number of hydrogen-bond acceptors (Lipinski definition) is 4. The normalized spacial score (nSPS) is 11.4. The first kappa shape index (κ1) is 33.2. The second-order valence-electron chi connectivity index (χ2n) is 7.51. The quantitative estimate of drug-likeness (QED) is 0.156. The van der Waals surface area contributed by atoms with Crippen LogP contribution in [0.2, 0.25) is 0 Å². The highest BCUT2D eigenvalue weighted by molar-refractivity contribution is 5.26. The van der Waals surface area contributed by atoms with Gasteiger partial charge in [0, 0.05) is 26.8 Å². The van der Waals surface area contributed by atoms with Gasteiger partial charge in [-0.25, -0.2) is 0 Å². The monoisotopic (exact) mass is 457 g/mol. The minimum atomic E-state index is 0.160. The number of aryl methyl sites for hydroxylation is 2. The van der Waals surface area contributed by atoms with Gasteiger partial charge in [0.1, 0.15) is 0 Å². The standard InChI is InChI=1S/C23H33N3.C2H6O.2C2H6/c1-2-19(12-7-15-26-25)17-23(24)18-22-11-6-10-21(16-22)14-13-20-8-4-3-5-9-20;1-3-2;2*1-2/h2-6,8-11,16,19,23,26H,1,7,12-15,17-18,24-25H2;1-2H3;2*1-2H3. The van der Waals surface area contributed by atoms with Crippen LogP contribution < -0.4 is 17.0 Å². The molecule has 0 radical (unpaired) electrons. The molecule has 0 saturated heterocycles. The van der Waals surface area contributed by atoms with E-state index in [0.717, 1.165) is 45.1 Å². The maximum Gasteiger partial charge on any atom is 0.0351 e. The third-order valence-corrected chi connectivity index (χ3v) is 4.87. The molecule has 0 saturated carbocycles. The van der Waals surface area contributed by atoms with Gasteiger partial charge in [0.05, 0.1) is 0 Å². The van der Waals surface area contributed by atoms with Crippen molar-refractivity contribution in [3.8, 4) is 0 Å². The number of rotatable bonds is 12. The average molecular weight is 458 g/mol. The largest absolute Gasteiger partial charge is 0.388 e. The van der Waals surface area contributed by atoms with Crippen LogP contribution in [0.5, 0.6) is 0 Å². The number of ether oxygens (including phenoxy) is 1. The van der Waals surface area contributed by atoms with Crippen molar-refractivity contribution in [1.29, 1.82) is 0 Å². The van der Waals surface area contributed by atoms with Crippen LogP contribution in [-0.2, 0) is 24.0 Å². The van der Waals surface area contributed by atoms with Crippen LogP contribution in [0.15, 0.2) is 67.3 Å². The Labute approximate surface area is 204 Å². The van der Waals surface area contributed by atoms with Crippen LogP contribution in [0.1, 0.15) is 63.6 Å². The van der Waals surface area contributed by atoms with E-state index in [-0.39, 0.29) is 6.04 Å². The van der Waals surface area contributed by atoms with E-state index in [4.69, 9.17) is 11.6 Å². The van der Waals surface area contributed by atoms with Crippen LogP contribution in [0.4, 0.5) is 0 Å². The molecule has 2 aromatic rings. The highest BCUT2D eigenvalue weighted by Gasteiger charge is 2.11. The maximum atomic E-state index is 6.41. The Bertz CT molecular complexity index is 661. The molecule has 4 nitrogen and oxygen atoms in total. The van der Waals surface area contributed by atoms with Gasteiger partial charge >= 0.3 is 0 Å². The first-order valence-corrected chi connectivity index (χ1v) is 12.5. The summed E-state index contributed by atoms with van der Waals surface area (Å²) >= 11 is 0. The second-order valence-corrected chi connectivity index (χ2v) is 7.51. The molecule has 0 spiro atoms. The molecule has 0 amide bonds. The second kappa shape index (κ2) is 24.7. The van der Waals surface area contributed by atoms with E-state index in [0.29, 0.717) is 5.92 Å². The third-order valence-electron chi connectivity index (χ3n) is 4.87. The van der Waals surface area contributed by atoms with Gasteiger partial charge in [-0.15, -0.1) is 6.58 Å². The summed E-state index contributed by atoms with van der Waals surface area (Å²) in [6.07, 6.45) is 8.19. The van der Waals surface area contributed by atoms with Crippen molar-refractivity contribution >= 4 is 0 Å². The molecule has 0 heterocycles. The number of methoxy groups -OCH3 is 1. The molecule has 5 N–H and O–H groups in total. The molecule has 0 aliphatic rings. The SMILES string of the molecule is C=CC(CCCNN)CC(N)Cc1cccc(CCc2ccccc2)c1.CC.CC.COC. The lowest BCUT2D eigenvalue weighted by molar-refractivity contribution is 0.277. The van der Waals surface area contributed by atoms with E-state index in [1.165, 1.54) is 16.7 Å². The van der Waals surface area contributed by atoms with E-state index in [1.54, 1.807) is 14.2 Å². The summed E-state index contributed by atoms with van der Waals surface area (Å²) in [6, 6.07) is 19.7. The van der Waals surface area contributed by atoms with Crippen molar-refractivity contribution in [3.05, 3.63) is 83.9 Å². The fraction of sp³-hybridized carbons (Fsp3) is 0.517. The van der Waals surface area contributed by atoms with Crippen molar-refractivity contribution in [2.75, 3.05) is 20.8 Å². The molecule has 0 bridgehead atoms. The van der Waals surface area contributed by atoms with Crippen molar-refractivity contribution in [1.82, 2.24) is 5.43 Å². The van der Waals surface area contributed by atoms with Gasteiger partial charge in [0.2, 0.25) is 0 Å². The molecule has 2 rings (SSSR count). The van der Waals surface area contributed by atoms with E-state index >= 15 is 0 Å². The number of benzene rings is 2. The molecule has 2 aromatic carbocycles. The van der Waals surface area contributed by atoms with Gasteiger partial charge in [0.25, 0.3) is 0 Å². The van der Waals surface area contributed by atoms with Gasteiger partial charge in [-0.3, -0.25) is 11.3 Å². The minimum absolute atomic E-state index is 0.160. The number of nitrogens with two attached hydrogens (primary N) is 2. The lowest BCUT2D eigenvalue weighted by atomic mass is 9.91. The molecule has 2 unspecified atom stereocenters. The highest BCUT2D eigenvalue weighted by atomic mass is 16.4. The molecule has 0 aliphatic heterocycles. The fourth-order valence-corrected chi connectivity index (χ4v) is 3.42. The molecule has 4 heteroatoms. The summed E-state index contributed by atoms with van der Waals surface area (Å²) < 4.78 is 4.25. The molecular formula is C29H51N3O. The van der Waals surface area contributed by atoms with Gasteiger partial charge in [-0.2, -0.15) is 0 Å². The van der Waals surface area contributed by atoms with Gasteiger partial charge < -0.3 is 10.5 Å². The topological polar surface area (TPSA) is 73.3 Å². The zero-order valence-electron chi connectivity index (χ0n) is 22.1. The van der Waals surface area contributed by atoms with E-state index in [9.17, 15) is 0 Å². The lowest BCUT2D eigenvalue weighted by Crippen LogP contribution is -2.27. The Balaban J connectivity index is 0. The van der Waals surface area contributed by atoms with Crippen molar-refractivity contribution in [2.24, 2.45) is 17.5 Å². The van der Waals surface area contributed by atoms with Crippen molar-refractivity contribution in [2.45, 2.75) is 72.3 Å². The third kappa shape index (κ3) is 18.2. The Morgan fingerprint density at radius 3 is 2.03 bits per heavy atom.